The summed E-state index contributed by atoms with van der Waals surface area (Å²) < 4.78 is 24.2. The van der Waals surface area contributed by atoms with Gasteiger partial charge in [-0.15, -0.1) is 0 Å². The van der Waals surface area contributed by atoms with E-state index in [9.17, 15) is 13.2 Å². The van der Waals surface area contributed by atoms with Gasteiger partial charge in [-0.25, -0.2) is 12.7 Å². The highest BCUT2D eigenvalue weighted by atomic mass is 32.2. The van der Waals surface area contributed by atoms with E-state index in [2.05, 4.69) is 17.6 Å². The third-order valence-electron chi connectivity index (χ3n) is 3.70. The molecule has 6 nitrogen and oxygen atoms in total. The third kappa shape index (κ3) is 5.76. The van der Waals surface area contributed by atoms with Gasteiger partial charge in [-0.05, 0) is 32.7 Å². The van der Waals surface area contributed by atoms with Crippen LogP contribution in [0.25, 0.3) is 0 Å². The molecule has 7 heteroatoms. The predicted molar refractivity (Wildman–Crippen MR) is 79.9 cm³/mol. The molecule has 2 unspecified atom stereocenters. The van der Waals surface area contributed by atoms with Crippen molar-refractivity contribution in [3.63, 3.8) is 0 Å². The van der Waals surface area contributed by atoms with Crippen LogP contribution in [0.1, 0.15) is 33.1 Å². The Morgan fingerprint density at radius 2 is 2.15 bits per heavy atom. The van der Waals surface area contributed by atoms with E-state index in [-0.39, 0.29) is 11.8 Å². The van der Waals surface area contributed by atoms with E-state index in [0.29, 0.717) is 32.1 Å². The molecule has 1 heterocycles. The average Bonchev–Trinajstić information content (AvgIpc) is 2.37. The van der Waals surface area contributed by atoms with Gasteiger partial charge in [0.1, 0.15) is 0 Å². The molecule has 0 spiro atoms. The van der Waals surface area contributed by atoms with Crippen LogP contribution in [0.2, 0.25) is 0 Å². The summed E-state index contributed by atoms with van der Waals surface area (Å²) in [6, 6.07) is 0.389. The van der Waals surface area contributed by atoms with Crippen LogP contribution in [0, 0.1) is 5.92 Å². The number of carbonyl (C=O) groups excluding carboxylic acids is 1. The molecule has 20 heavy (non-hydrogen) atoms. The topological polar surface area (TPSA) is 78.5 Å². The lowest BCUT2D eigenvalue weighted by Crippen LogP contribution is -2.43. The van der Waals surface area contributed by atoms with Gasteiger partial charge in [-0.3, -0.25) is 4.79 Å². The minimum absolute atomic E-state index is 0.0865. The number of rotatable bonds is 7. The van der Waals surface area contributed by atoms with Crippen molar-refractivity contribution in [3.05, 3.63) is 0 Å². The predicted octanol–water partition coefficient (Wildman–Crippen LogP) is 0.162. The van der Waals surface area contributed by atoms with Crippen LogP contribution in [0.15, 0.2) is 0 Å². The molecule has 1 amide bonds. The molecule has 1 rings (SSSR count). The van der Waals surface area contributed by atoms with E-state index in [0.717, 1.165) is 19.4 Å². The molecule has 1 aliphatic rings. The first-order chi connectivity index (χ1) is 9.34. The first-order valence-electron chi connectivity index (χ1n) is 7.30. The fourth-order valence-corrected chi connectivity index (χ4v) is 3.47. The summed E-state index contributed by atoms with van der Waals surface area (Å²) in [4.78, 5) is 12.0. The van der Waals surface area contributed by atoms with Gasteiger partial charge in [0, 0.05) is 31.6 Å². The standard InChI is InChI=1S/C13H27N3O3S/c1-4-16(20(3,18)19)9-5-7-15-13(17)12-6-8-14-11(2)10-12/h11-12,14H,4-10H2,1-3H3,(H,15,17). The molecule has 0 bridgehead atoms. The van der Waals surface area contributed by atoms with Crippen LogP contribution in [0.3, 0.4) is 0 Å². The van der Waals surface area contributed by atoms with Gasteiger partial charge in [0.15, 0.2) is 0 Å². The lowest BCUT2D eigenvalue weighted by Gasteiger charge is -2.27. The average molecular weight is 305 g/mol. The van der Waals surface area contributed by atoms with E-state index in [1.165, 1.54) is 10.6 Å². The Kier molecular flexibility index (Phi) is 6.91. The zero-order valence-corrected chi connectivity index (χ0v) is 13.5. The molecule has 0 aromatic rings. The molecular weight excluding hydrogens is 278 g/mol. The molecule has 0 radical (unpaired) electrons. The van der Waals surface area contributed by atoms with Gasteiger partial charge in [-0.2, -0.15) is 0 Å². The molecule has 0 aromatic carbocycles. The minimum atomic E-state index is -3.13. The van der Waals surface area contributed by atoms with Crippen LogP contribution in [0.4, 0.5) is 0 Å². The van der Waals surface area contributed by atoms with Gasteiger partial charge < -0.3 is 10.6 Å². The van der Waals surface area contributed by atoms with Gasteiger partial charge in [0.05, 0.1) is 6.26 Å². The van der Waals surface area contributed by atoms with Crippen LogP contribution in [-0.2, 0) is 14.8 Å². The quantitative estimate of drug-likeness (QED) is 0.657. The highest BCUT2D eigenvalue weighted by molar-refractivity contribution is 7.88. The largest absolute Gasteiger partial charge is 0.356 e. The molecule has 0 aliphatic carbocycles. The second-order valence-electron chi connectivity index (χ2n) is 5.48. The first-order valence-corrected chi connectivity index (χ1v) is 9.15. The number of piperidine rings is 1. The van der Waals surface area contributed by atoms with Gasteiger partial charge in [0.2, 0.25) is 15.9 Å². The molecule has 118 valence electrons. The van der Waals surface area contributed by atoms with Crippen molar-refractivity contribution in [3.8, 4) is 0 Å². The number of amides is 1. The SMILES string of the molecule is CCN(CCCNC(=O)C1CCNC(C)C1)S(C)(=O)=O. The maximum atomic E-state index is 12.0. The maximum absolute atomic E-state index is 12.0. The molecule has 2 atom stereocenters. The van der Waals surface area contributed by atoms with Crippen molar-refractivity contribution in [1.29, 1.82) is 0 Å². The highest BCUT2D eigenvalue weighted by Gasteiger charge is 2.24. The summed E-state index contributed by atoms with van der Waals surface area (Å²) >= 11 is 0. The first kappa shape index (κ1) is 17.4. The Hall–Kier alpha value is -0.660. The Morgan fingerprint density at radius 1 is 1.45 bits per heavy atom. The van der Waals surface area contributed by atoms with Gasteiger partial charge in [-0.1, -0.05) is 6.92 Å². The number of sulfonamides is 1. The fraction of sp³-hybridized carbons (Fsp3) is 0.923. The number of nitrogens with one attached hydrogen (secondary N) is 2. The van der Waals surface area contributed by atoms with Gasteiger partial charge >= 0.3 is 0 Å². The second kappa shape index (κ2) is 7.95. The van der Waals surface area contributed by atoms with E-state index in [1.807, 2.05) is 6.92 Å². The van der Waals surface area contributed by atoms with Crippen molar-refractivity contribution in [2.45, 2.75) is 39.2 Å². The summed E-state index contributed by atoms with van der Waals surface area (Å²) in [6.07, 6.45) is 3.61. The summed E-state index contributed by atoms with van der Waals surface area (Å²) in [5, 5.41) is 6.24. The normalized spacial score (nSPS) is 23.8. The third-order valence-corrected chi connectivity index (χ3v) is 5.08. The molecule has 1 fully saturated rings. The number of carbonyl (C=O) groups is 1. The summed E-state index contributed by atoms with van der Waals surface area (Å²) in [7, 11) is -3.13. The minimum Gasteiger partial charge on any atom is -0.356 e. The van der Waals surface area contributed by atoms with Gasteiger partial charge in [0.25, 0.3) is 0 Å². The number of nitrogens with zero attached hydrogens (tertiary/aromatic N) is 1. The van der Waals surface area contributed by atoms with E-state index in [1.54, 1.807) is 0 Å². The molecular formula is C13H27N3O3S. The van der Waals surface area contributed by atoms with E-state index >= 15 is 0 Å². The molecule has 0 aromatic heterocycles. The van der Waals surface area contributed by atoms with Crippen LogP contribution in [0.5, 0.6) is 0 Å². The second-order valence-corrected chi connectivity index (χ2v) is 7.46. The van der Waals surface area contributed by atoms with Crippen molar-refractivity contribution in [1.82, 2.24) is 14.9 Å². The molecule has 1 aliphatic heterocycles. The highest BCUT2D eigenvalue weighted by Crippen LogP contribution is 2.15. The summed E-state index contributed by atoms with van der Waals surface area (Å²) in [6.45, 7) is 6.25. The van der Waals surface area contributed by atoms with Crippen LogP contribution >= 0.6 is 0 Å². The zero-order chi connectivity index (χ0) is 15.2. The maximum Gasteiger partial charge on any atom is 0.223 e. The summed E-state index contributed by atoms with van der Waals surface area (Å²) in [5.41, 5.74) is 0. The van der Waals surface area contributed by atoms with Crippen LogP contribution < -0.4 is 10.6 Å². The van der Waals surface area contributed by atoms with Crippen LogP contribution in [-0.4, -0.2) is 57.1 Å². The van der Waals surface area contributed by atoms with Crippen molar-refractivity contribution in [2.75, 3.05) is 32.4 Å². The van der Waals surface area contributed by atoms with Crippen molar-refractivity contribution in [2.24, 2.45) is 5.92 Å². The Balaban J connectivity index is 2.25. The Labute approximate surface area is 122 Å². The number of hydrogen-bond donors (Lipinski definition) is 2. The molecule has 0 saturated carbocycles. The number of hydrogen-bond acceptors (Lipinski definition) is 4. The lowest BCUT2D eigenvalue weighted by atomic mass is 9.92. The zero-order valence-electron chi connectivity index (χ0n) is 12.7. The van der Waals surface area contributed by atoms with E-state index < -0.39 is 10.0 Å². The fourth-order valence-electron chi connectivity index (χ4n) is 2.54. The van der Waals surface area contributed by atoms with Crippen molar-refractivity contribution < 1.29 is 13.2 Å². The van der Waals surface area contributed by atoms with Crippen molar-refractivity contribution >= 4 is 15.9 Å². The smallest absolute Gasteiger partial charge is 0.223 e. The Morgan fingerprint density at radius 3 is 2.70 bits per heavy atom. The Bertz CT molecular complexity index is 411. The molecule has 1 saturated heterocycles. The molecule has 2 N–H and O–H groups in total. The lowest BCUT2D eigenvalue weighted by molar-refractivity contribution is -0.126. The summed E-state index contributed by atoms with van der Waals surface area (Å²) in [5.74, 6) is 0.184. The monoisotopic (exact) mass is 305 g/mol. The van der Waals surface area contributed by atoms with E-state index in [4.69, 9.17) is 0 Å².